The molecule has 0 unspecified atom stereocenters. The quantitative estimate of drug-likeness (QED) is 0.518. The van der Waals surface area contributed by atoms with Crippen molar-refractivity contribution in [3.8, 4) is 0 Å². The molecule has 1 aliphatic carbocycles. The smallest absolute Gasteiger partial charge is 0.0630 e. The molecule has 0 saturated heterocycles. The minimum Gasteiger partial charge on any atom is -0.265 e. The zero-order valence-corrected chi connectivity index (χ0v) is 9.45. The first-order valence-electron chi connectivity index (χ1n) is 5.58. The normalized spacial score (nSPS) is 18.8. The Kier molecular flexibility index (Phi) is 3.30. The maximum absolute atomic E-state index is 4.64. The molecule has 2 nitrogen and oxygen atoms in total. The van der Waals surface area contributed by atoms with Crippen molar-refractivity contribution in [1.29, 1.82) is 0 Å². The van der Waals surface area contributed by atoms with E-state index >= 15 is 0 Å². The van der Waals surface area contributed by atoms with Crippen molar-refractivity contribution in [2.45, 2.75) is 25.7 Å². The lowest BCUT2D eigenvalue weighted by Gasteiger charge is -2.14. The molecule has 16 heavy (non-hydrogen) atoms. The molecule has 1 aromatic rings. The number of hydrogen-bond acceptors (Lipinski definition) is 2. The highest BCUT2D eigenvalue weighted by molar-refractivity contribution is 5.89. The third-order valence-electron chi connectivity index (χ3n) is 2.77. The van der Waals surface area contributed by atoms with Crippen molar-refractivity contribution in [3.63, 3.8) is 0 Å². The lowest BCUT2D eigenvalue weighted by Crippen LogP contribution is -2.06. The fraction of sp³-hybridized carbons (Fsp3) is 0.286. The van der Waals surface area contributed by atoms with Gasteiger partial charge in [0.15, 0.2) is 0 Å². The second kappa shape index (κ2) is 4.88. The van der Waals surface area contributed by atoms with Gasteiger partial charge >= 0.3 is 0 Å². The van der Waals surface area contributed by atoms with E-state index in [0.29, 0.717) is 0 Å². The summed E-state index contributed by atoms with van der Waals surface area (Å²) in [7, 11) is 0. The summed E-state index contributed by atoms with van der Waals surface area (Å²) in [5, 5.41) is 0. The van der Waals surface area contributed by atoms with Crippen LogP contribution < -0.4 is 0 Å². The molecule has 0 atom stereocenters. The zero-order chi connectivity index (χ0) is 11.4. The molecule has 2 rings (SSSR count). The first-order chi connectivity index (χ1) is 7.78. The summed E-state index contributed by atoms with van der Waals surface area (Å²) in [5.74, 6) is 0. The first kappa shape index (κ1) is 10.8. The number of allylic oxidation sites excluding steroid dienone is 1. The van der Waals surface area contributed by atoms with Crippen LogP contribution in [0.1, 0.15) is 25.7 Å². The van der Waals surface area contributed by atoms with E-state index in [1.54, 1.807) is 0 Å². The van der Waals surface area contributed by atoms with E-state index < -0.39 is 0 Å². The summed E-state index contributed by atoms with van der Waals surface area (Å²) in [6.07, 6.45) is 4.39. The lowest BCUT2D eigenvalue weighted by atomic mass is 9.94. The first-order valence-corrected chi connectivity index (χ1v) is 5.58. The Labute approximate surface area is 96.4 Å². The third kappa shape index (κ3) is 2.66. The van der Waals surface area contributed by atoms with Crippen molar-refractivity contribution < 1.29 is 0 Å². The van der Waals surface area contributed by atoms with Crippen LogP contribution in [0, 0.1) is 0 Å². The van der Waals surface area contributed by atoms with Crippen molar-refractivity contribution in [2.24, 2.45) is 9.98 Å². The Hall–Kier alpha value is -1.70. The number of rotatable bonds is 2. The number of nitrogens with zero attached hydrogens (tertiary/aromatic N) is 2. The van der Waals surface area contributed by atoms with E-state index in [9.17, 15) is 0 Å². The van der Waals surface area contributed by atoms with Crippen LogP contribution in [-0.2, 0) is 0 Å². The standard InChI is InChI=1S/C14H16N2/c1-11-4-3-5-14(10-11)16-13-8-6-12(15-2)7-9-13/h6-9H,1-5,10H2. The van der Waals surface area contributed by atoms with Crippen LogP contribution in [0.15, 0.2) is 46.4 Å². The van der Waals surface area contributed by atoms with Gasteiger partial charge in [-0.25, -0.2) is 0 Å². The van der Waals surface area contributed by atoms with Crippen molar-refractivity contribution in [1.82, 2.24) is 0 Å². The van der Waals surface area contributed by atoms with Gasteiger partial charge in [-0.05, 0) is 50.2 Å². The summed E-state index contributed by atoms with van der Waals surface area (Å²) in [6, 6.07) is 7.83. The summed E-state index contributed by atoms with van der Waals surface area (Å²) >= 11 is 0. The van der Waals surface area contributed by atoms with Crippen LogP contribution in [0.25, 0.3) is 0 Å². The van der Waals surface area contributed by atoms with Gasteiger partial charge in [0.1, 0.15) is 0 Å². The highest BCUT2D eigenvalue weighted by atomic mass is 14.8. The summed E-state index contributed by atoms with van der Waals surface area (Å²) in [6.45, 7) is 7.52. The summed E-state index contributed by atoms with van der Waals surface area (Å²) in [5.41, 5.74) is 4.43. The number of aliphatic imine (C=N–C) groups is 2. The van der Waals surface area contributed by atoms with E-state index in [1.807, 2.05) is 24.3 Å². The molecule has 0 spiro atoms. The fourth-order valence-corrected chi connectivity index (χ4v) is 1.92. The molecule has 0 radical (unpaired) electrons. The molecule has 0 amide bonds. The van der Waals surface area contributed by atoms with Gasteiger partial charge in [0.25, 0.3) is 0 Å². The Bertz CT molecular complexity index is 427. The summed E-state index contributed by atoms with van der Waals surface area (Å²) < 4.78 is 0. The van der Waals surface area contributed by atoms with Crippen LogP contribution in [0.4, 0.5) is 11.4 Å². The van der Waals surface area contributed by atoms with Crippen molar-refractivity contribution in [2.75, 3.05) is 0 Å². The van der Waals surface area contributed by atoms with Gasteiger partial charge < -0.3 is 0 Å². The van der Waals surface area contributed by atoms with E-state index in [1.165, 1.54) is 17.7 Å². The predicted octanol–water partition coefficient (Wildman–Crippen LogP) is 4.22. The van der Waals surface area contributed by atoms with Crippen LogP contribution in [-0.4, -0.2) is 12.4 Å². The fourth-order valence-electron chi connectivity index (χ4n) is 1.92. The minimum absolute atomic E-state index is 0.886. The minimum atomic E-state index is 0.886. The highest BCUT2D eigenvalue weighted by Gasteiger charge is 2.09. The van der Waals surface area contributed by atoms with Gasteiger partial charge in [-0.1, -0.05) is 12.2 Å². The van der Waals surface area contributed by atoms with E-state index in [4.69, 9.17) is 0 Å². The van der Waals surface area contributed by atoms with Gasteiger partial charge in [0.05, 0.1) is 11.4 Å². The topological polar surface area (TPSA) is 24.7 Å². The monoisotopic (exact) mass is 212 g/mol. The molecule has 0 heterocycles. The molecule has 0 aliphatic heterocycles. The van der Waals surface area contributed by atoms with Gasteiger partial charge in [-0.15, -0.1) is 0 Å². The van der Waals surface area contributed by atoms with Crippen LogP contribution in [0.5, 0.6) is 0 Å². The number of benzene rings is 1. The second-order valence-electron chi connectivity index (χ2n) is 4.13. The molecule has 0 bridgehead atoms. The molecule has 1 fully saturated rings. The Morgan fingerprint density at radius 1 is 1.00 bits per heavy atom. The Balaban J connectivity index is 2.14. The zero-order valence-electron chi connectivity index (χ0n) is 9.45. The Morgan fingerprint density at radius 2 is 1.69 bits per heavy atom. The van der Waals surface area contributed by atoms with Gasteiger partial charge in [0.2, 0.25) is 0 Å². The molecule has 1 aromatic carbocycles. The van der Waals surface area contributed by atoms with Crippen molar-refractivity contribution >= 4 is 23.8 Å². The third-order valence-corrected chi connectivity index (χ3v) is 2.77. The molecule has 82 valence electrons. The maximum Gasteiger partial charge on any atom is 0.0630 e. The van der Waals surface area contributed by atoms with E-state index in [0.717, 1.165) is 30.6 Å². The molecule has 1 saturated carbocycles. The van der Waals surface area contributed by atoms with Gasteiger partial charge in [-0.3, -0.25) is 9.98 Å². The number of hydrogen-bond donors (Lipinski definition) is 0. The Morgan fingerprint density at radius 3 is 2.31 bits per heavy atom. The lowest BCUT2D eigenvalue weighted by molar-refractivity contribution is 0.794. The second-order valence-corrected chi connectivity index (χ2v) is 4.13. The maximum atomic E-state index is 4.64. The largest absolute Gasteiger partial charge is 0.265 e. The predicted molar refractivity (Wildman–Crippen MR) is 70.4 cm³/mol. The molecular weight excluding hydrogens is 196 g/mol. The van der Waals surface area contributed by atoms with Crippen molar-refractivity contribution in [3.05, 3.63) is 36.4 Å². The molecule has 0 aromatic heterocycles. The molecule has 1 aliphatic rings. The average molecular weight is 212 g/mol. The highest BCUT2D eigenvalue weighted by Crippen LogP contribution is 2.24. The van der Waals surface area contributed by atoms with E-state index in [-0.39, 0.29) is 0 Å². The van der Waals surface area contributed by atoms with Gasteiger partial charge in [-0.2, -0.15) is 0 Å². The molecule has 2 heteroatoms. The van der Waals surface area contributed by atoms with Gasteiger partial charge in [0, 0.05) is 12.1 Å². The average Bonchev–Trinajstić information content (AvgIpc) is 2.30. The van der Waals surface area contributed by atoms with Crippen LogP contribution in [0.3, 0.4) is 0 Å². The summed E-state index contributed by atoms with van der Waals surface area (Å²) in [4.78, 5) is 8.50. The molecule has 0 N–H and O–H groups in total. The SMILES string of the molecule is C=Nc1ccc(N=C2CCCC(=C)C2)cc1. The molecular formula is C14H16N2. The van der Waals surface area contributed by atoms with Crippen LogP contribution >= 0.6 is 0 Å². The van der Waals surface area contributed by atoms with Crippen LogP contribution in [0.2, 0.25) is 0 Å². The van der Waals surface area contributed by atoms with E-state index in [2.05, 4.69) is 23.3 Å².